The normalized spacial score (nSPS) is 14.8. The molecule has 158 valence electrons. The standard InChI is InChI=1S/C23H26N2O5/c1-16(21(26)24-19-12-13-19)30-22(27)20(14-17-8-4-2-5-9-17)25-23(28)29-15-18-10-6-3-7-11-18/h2-11,16,19-20H,12-15H2,1H3,(H,24,26)(H,25,28)/t16-,20+/m1/s1. The molecule has 2 N–H and O–H groups in total. The number of benzene rings is 2. The Hall–Kier alpha value is -3.35. The maximum atomic E-state index is 12.7. The minimum atomic E-state index is -0.980. The molecule has 1 aliphatic rings. The third kappa shape index (κ3) is 6.92. The highest BCUT2D eigenvalue weighted by molar-refractivity contribution is 5.86. The second kappa shape index (κ2) is 10.4. The lowest BCUT2D eigenvalue weighted by molar-refractivity contribution is -0.156. The maximum Gasteiger partial charge on any atom is 0.408 e. The number of esters is 1. The van der Waals surface area contributed by atoms with Gasteiger partial charge in [-0.15, -0.1) is 0 Å². The fourth-order valence-electron chi connectivity index (χ4n) is 2.81. The van der Waals surface area contributed by atoms with Crippen molar-refractivity contribution in [3.8, 4) is 0 Å². The highest BCUT2D eigenvalue weighted by atomic mass is 16.6. The third-order valence-corrected chi connectivity index (χ3v) is 4.66. The average molecular weight is 410 g/mol. The highest BCUT2D eigenvalue weighted by Gasteiger charge is 2.30. The Kier molecular flexibility index (Phi) is 7.43. The molecule has 0 heterocycles. The summed E-state index contributed by atoms with van der Waals surface area (Å²) in [7, 11) is 0. The zero-order valence-corrected chi connectivity index (χ0v) is 16.9. The van der Waals surface area contributed by atoms with Gasteiger partial charge in [-0.05, 0) is 30.9 Å². The fourth-order valence-corrected chi connectivity index (χ4v) is 2.81. The van der Waals surface area contributed by atoms with Gasteiger partial charge in [-0.1, -0.05) is 60.7 Å². The summed E-state index contributed by atoms with van der Waals surface area (Å²) >= 11 is 0. The molecule has 1 aliphatic carbocycles. The molecule has 1 fully saturated rings. The van der Waals surface area contributed by atoms with E-state index in [1.807, 2.05) is 60.7 Å². The molecule has 0 aliphatic heterocycles. The Morgan fingerprint density at radius 1 is 0.967 bits per heavy atom. The Bertz CT molecular complexity index is 852. The monoisotopic (exact) mass is 410 g/mol. The number of hydrogen-bond donors (Lipinski definition) is 2. The summed E-state index contributed by atoms with van der Waals surface area (Å²) in [6.07, 6.45) is 0.428. The first kappa shape index (κ1) is 21.4. The number of ether oxygens (including phenoxy) is 2. The van der Waals surface area contributed by atoms with Gasteiger partial charge >= 0.3 is 12.1 Å². The van der Waals surface area contributed by atoms with Crippen LogP contribution in [0.3, 0.4) is 0 Å². The molecule has 0 bridgehead atoms. The lowest BCUT2D eigenvalue weighted by Crippen LogP contribution is -2.46. The maximum absolute atomic E-state index is 12.7. The van der Waals surface area contributed by atoms with Crippen LogP contribution in [0.15, 0.2) is 60.7 Å². The second-order valence-corrected chi connectivity index (χ2v) is 7.31. The zero-order valence-electron chi connectivity index (χ0n) is 16.9. The largest absolute Gasteiger partial charge is 0.451 e. The summed E-state index contributed by atoms with van der Waals surface area (Å²) in [6, 6.07) is 17.7. The van der Waals surface area contributed by atoms with Crippen LogP contribution >= 0.6 is 0 Å². The molecule has 7 heteroatoms. The molecular weight excluding hydrogens is 384 g/mol. The summed E-state index contributed by atoms with van der Waals surface area (Å²) in [6.45, 7) is 1.60. The van der Waals surface area contributed by atoms with Gasteiger partial charge in [-0.25, -0.2) is 9.59 Å². The van der Waals surface area contributed by atoms with Gasteiger partial charge in [-0.3, -0.25) is 4.79 Å². The molecule has 3 rings (SSSR count). The van der Waals surface area contributed by atoms with E-state index in [0.717, 1.165) is 24.0 Å². The number of rotatable bonds is 9. The lowest BCUT2D eigenvalue weighted by Gasteiger charge is -2.20. The van der Waals surface area contributed by atoms with Crippen molar-refractivity contribution in [1.29, 1.82) is 0 Å². The van der Waals surface area contributed by atoms with Crippen LogP contribution in [-0.4, -0.2) is 36.2 Å². The van der Waals surface area contributed by atoms with E-state index in [1.54, 1.807) is 0 Å². The van der Waals surface area contributed by atoms with Crippen LogP contribution in [0.2, 0.25) is 0 Å². The van der Waals surface area contributed by atoms with Crippen molar-refractivity contribution in [3.63, 3.8) is 0 Å². The number of amides is 2. The van der Waals surface area contributed by atoms with Crippen LogP contribution < -0.4 is 10.6 Å². The SMILES string of the molecule is C[C@@H](OC(=O)[C@H](Cc1ccccc1)NC(=O)OCc1ccccc1)C(=O)NC1CC1. The van der Waals surface area contributed by atoms with Crippen LogP contribution in [0.4, 0.5) is 4.79 Å². The van der Waals surface area contributed by atoms with Crippen LogP contribution in [0.25, 0.3) is 0 Å². The van der Waals surface area contributed by atoms with Crippen molar-refractivity contribution >= 4 is 18.0 Å². The topological polar surface area (TPSA) is 93.7 Å². The van der Waals surface area contributed by atoms with Crippen molar-refractivity contribution < 1.29 is 23.9 Å². The van der Waals surface area contributed by atoms with Crippen LogP contribution in [0.5, 0.6) is 0 Å². The van der Waals surface area contributed by atoms with Crippen molar-refractivity contribution in [3.05, 3.63) is 71.8 Å². The van der Waals surface area contributed by atoms with E-state index in [-0.39, 0.29) is 25.0 Å². The number of alkyl carbamates (subject to hydrolysis) is 1. The zero-order chi connectivity index (χ0) is 21.3. The average Bonchev–Trinajstić information content (AvgIpc) is 3.57. The molecule has 7 nitrogen and oxygen atoms in total. The molecule has 2 aromatic carbocycles. The minimum absolute atomic E-state index is 0.0833. The van der Waals surface area contributed by atoms with Gasteiger partial charge < -0.3 is 20.1 Å². The van der Waals surface area contributed by atoms with E-state index < -0.39 is 24.2 Å². The molecule has 0 radical (unpaired) electrons. The Balaban J connectivity index is 1.59. The summed E-state index contributed by atoms with van der Waals surface area (Å²) in [5.74, 6) is -1.02. The molecule has 2 aromatic rings. The molecule has 0 aromatic heterocycles. The van der Waals surface area contributed by atoms with E-state index in [0.29, 0.717) is 0 Å². The van der Waals surface area contributed by atoms with Gasteiger partial charge in [0, 0.05) is 12.5 Å². The van der Waals surface area contributed by atoms with E-state index >= 15 is 0 Å². The van der Waals surface area contributed by atoms with Crippen molar-refractivity contribution in [1.82, 2.24) is 10.6 Å². The van der Waals surface area contributed by atoms with Gasteiger partial charge in [-0.2, -0.15) is 0 Å². The summed E-state index contributed by atoms with van der Waals surface area (Å²) in [5, 5.41) is 5.36. The van der Waals surface area contributed by atoms with E-state index in [4.69, 9.17) is 9.47 Å². The third-order valence-electron chi connectivity index (χ3n) is 4.66. The first-order valence-corrected chi connectivity index (χ1v) is 10.0. The van der Waals surface area contributed by atoms with Gasteiger partial charge in [0.05, 0.1) is 0 Å². The molecule has 30 heavy (non-hydrogen) atoms. The van der Waals surface area contributed by atoms with Crippen LogP contribution in [-0.2, 0) is 32.1 Å². The van der Waals surface area contributed by atoms with E-state index in [9.17, 15) is 14.4 Å². The number of carbonyl (C=O) groups excluding carboxylic acids is 3. The van der Waals surface area contributed by atoms with Gasteiger partial charge in [0.25, 0.3) is 5.91 Å². The van der Waals surface area contributed by atoms with Crippen LogP contribution in [0.1, 0.15) is 30.9 Å². The van der Waals surface area contributed by atoms with Crippen molar-refractivity contribution in [2.24, 2.45) is 0 Å². The smallest absolute Gasteiger partial charge is 0.408 e. The summed E-state index contributed by atoms with van der Waals surface area (Å²) < 4.78 is 10.5. The van der Waals surface area contributed by atoms with Gasteiger partial charge in [0.15, 0.2) is 6.10 Å². The predicted molar refractivity (Wildman–Crippen MR) is 110 cm³/mol. The molecule has 0 saturated heterocycles. The second-order valence-electron chi connectivity index (χ2n) is 7.31. The van der Waals surface area contributed by atoms with E-state index in [2.05, 4.69) is 10.6 Å². The van der Waals surface area contributed by atoms with Crippen molar-refractivity contribution in [2.75, 3.05) is 0 Å². The Labute approximate surface area is 175 Å². The quantitative estimate of drug-likeness (QED) is 0.620. The predicted octanol–water partition coefficient (Wildman–Crippen LogP) is 2.73. The first-order valence-electron chi connectivity index (χ1n) is 10.0. The molecule has 2 amide bonds. The number of hydrogen-bond acceptors (Lipinski definition) is 5. The van der Waals surface area contributed by atoms with Gasteiger partial charge in [0.1, 0.15) is 12.6 Å². The fraction of sp³-hybridized carbons (Fsp3) is 0.348. The van der Waals surface area contributed by atoms with Crippen LogP contribution in [0, 0.1) is 0 Å². The Morgan fingerprint density at radius 3 is 2.17 bits per heavy atom. The minimum Gasteiger partial charge on any atom is -0.451 e. The molecule has 2 atom stereocenters. The Morgan fingerprint density at radius 2 is 1.57 bits per heavy atom. The number of nitrogens with one attached hydrogen (secondary N) is 2. The molecule has 0 unspecified atom stereocenters. The summed E-state index contributed by atoms with van der Waals surface area (Å²) in [4.78, 5) is 37.1. The first-order chi connectivity index (χ1) is 14.5. The van der Waals surface area contributed by atoms with E-state index in [1.165, 1.54) is 6.92 Å². The molecule has 1 saturated carbocycles. The molecular formula is C23H26N2O5. The lowest BCUT2D eigenvalue weighted by atomic mass is 10.1. The van der Waals surface area contributed by atoms with Gasteiger partial charge in [0.2, 0.25) is 0 Å². The number of carbonyl (C=O) groups is 3. The molecule has 0 spiro atoms. The highest BCUT2D eigenvalue weighted by Crippen LogP contribution is 2.19. The summed E-state index contributed by atoms with van der Waals surface area (Å²) in [5.41, 5.74) is 1.68. The van der Waals surface area contributed by atoms with Crippen molar-refractivity contribution in [2.45, 2.75) is 51.0 Å².